The lowest BCUT2D eigenvalue weighted by Crippen LogP contribution is -2.45. The van der Waals surface area contributed by atoms with E-state index >= 15 is 0 Å². The Morgan fingerprint density at radius 2 is 2.33 bits per heavy atom. The molecule has 1 aliphatic heterocycles. The minimum Gasteiger partial charge on any atom is -0.315 e. The van der Waals surface area contributed by atoms with Crippen molar-refractivity contribution in [2.24, 2.45) is 0 Å². The predicted molar refractivity (Wildman–Crippen MR) is 78.1 cm³/mol. The van der Waals surface area contributed by atoms with Gasteiger partial charge in [-0.25, -0.2) is 4.39 Å². The third-order valence-corrected chi connectivity index (χ3v) is 5.85. The van der Waals surface area contributed by atoms with Crippen LogP contribution in [0.1, 0.15) is 25.3 Å². The number of likely N-dealkylation sites (N-methyl/N-ethyl adjacent to an activating group) is 1. The van der Waals surface area contributed by atoms with Crippen molar-refractivity contribution in [1.29, 1.82) is 0 Å². The average molecular weight is 288 g/mol. The maximum Gasteiger partial charge on any atom is 0.142 e. The van der Waals surface area contributed by atoms with Gasteiger partial charge >= 0.3 is 0 Å². The first kappa shape index (κ1) is 14.2. The molecule has 2 atom stereocenters. The van der Waals surface area contributed by atoms with Crippen molar-refractivity contribution in [1.82, 2.24) is 5.32 Å². The quantitative estimate of drug-likeness (QED) is 0.901. The van der Waals surface area contributed by atoms with Gasteiger partial charge in [-0.3, -0.25) is 0 Å². The van der Waals surface area contributed by atoms with E-state index in [0.29, 0.717) is 6.04 Å². The lowest BCUT2D eigenvalue weighted by Gasteiger charge is -2.33. The molecule has 1 aromatic carbocycles. The van der Waals surface area contributed by atoms with Crippen molar-refractivity contribution < 1.29 is 4.39 Å². The van der Waals surface area contributed by atoms with Crippen LogP contribution in [0.5, 0.6) is 0 Å². The molecule has 0 spiro atoms. The molecule has 0 saturated carbocycles. The van der Waals surface area contributed by atoms with E-state index in [1.807, 2.05) is 24.9 Å². The van der Waals surface area contributed by atoms with Gasteiger partial charge in [-0.15, -0.1) is 0 Å². The fourth-order valence-corrected chi connectivity index (χ4v) is 4.27. The Labute approximate surface area is 117 Å². The highest BCUT2D eigenvalue weighted by Crippen LogP contribution is 2.41. The first-order valence-corrected chi connectivity index (χ1v) is 7.67. The van der Waals surface area contributed by atoms with Crippen LogP contribution in [0, 0.1) is 5.82 Å². The fraction of sp³-hybridized carbons (Fsp3) is 0.571. The van der Waals surface area contributed by atoms with E-state index in [-0.39, 0.29) is 15.6 Å². The third kappa shape index (κ3) is 2.84. The van der Waals surface area contributed by atoms with Gasteiger partial charge in [-0.05, 0) is 50.6 Å². The minimum absolute atomic E-state index is 0.227. The van der Waals surface area contributed by atoms with Gasteiger partial charge in [0, 0.05) is 10.8 Å². The first-order valence-electron chi connectivity index (χ1n) is 6.31. The Bertz CT molecular complexity index is 418. The Hall–Kier alpha value is -0.250. The van der Waals surface area contributed by atoms with Crippen LogP contribution in [0.15, 0.2) is 18.2 Å². The molecule has 100 valence electrons. The maximum atomic E-state index is 13.4. The summed E-state index contributed by atoms with van der Waals surface area (Å²) < 4.78 is 13.7. The Kier molecular flexibility index (Phi) is 4.57. The van der Waals surface area contributed by atoms with Crippen LogP contribution < -0.4 is 5.32 Å². The molecule has 1 N–H and O–H groups in total. The van der Waals surface area contributed by atoms with Crippen molar-refractivity contribution in [2.75, 3.05) is 12.8 Å². The summed E-state index contributed by atoms with van der Waals surface area (Å²) in [4.78, 5) is 0. The van der Waals surface area contributed by atoms with Gasteiger partial charge in [-0.1, -0.05) is 23.7 Å². The van der Waals surface area contributed by atoms with Gasteiger partial charge in [0.1, 0.15) is 5.82 Å². The summed E-state index contributed by atoms with van der Waals surface area (Å²) >= 11 is 8.04. The van der Waals surface area contributed by atoms with Gasteiger partial charge in [-0.2, -0.15) is 11.8 Å². The molecule has 1 saturated heterocycles. The van der Waals surface area contributed by atoms with E-state index in [4.69, 9.17) is 11.6 Å². The fourth-order valence-electron chi connectivity index (χ4n) is 2.62. The molecule has 2 unspecified atom stereocenters. The Morgan fingerprint density at radius 3 is 2.94 bits per heavy atom. The van der Waals surface area contributed by atoms with Gasteiger partial charge in [0.25, 0.3) is 0 Å². The van der Waals surface area contributed by atoms with E-state index in [1.165, 1.54) is 24.7 Å². The van der Waals surface area contributed by atoms with Crippen LogP contribution in [0.25, 0.3) is 0 Å². The molecule has 0 aromatic heterocycles. The normalized spacial score (nSPS) is 25.3. The van der Waals surface area contributed by atoms with Crippen LogP contribution in [-0.2, 0) is 6.42 Å². The molecule has 2 rings (SSSR count). The second kappa shape index (κ2) is 5.81. The van der Waals surface area contributed by atoms with Crippen LogP contribution in [0.4, 0.5) is 4.39 Å². The van der Waals surface area contributed by atoms with Crippen LogP contribution in [-0.4, -0.2) is 23.6 Å². The van der Waals surface area contributed by atoms with E-state index in [9.17, 15) is 4.39 Å². The van der Waals surface area contributed by atoms with Gasteiger partial charge in [0.15, 0.2) is 0 Å². The molecule has 1 aliphatic rings. The highest BCUT2D eigenvalue weighted by Gasteiger charge is 2.37. The maximum absolute atomic E-state index is 13.4. The molecule has 1 fully saturated rings. The number of halogens is 2. The molecule has 1 nitrogen and oxygen atoms in total. The molecule has 0 amide bonds. The van der Waals surface area contributed by atoms with Crippen LogP contribution in [0.3, 0.4) is 0 Å². The molecule has 4 heteroatoms. The summed E-state index contributed by atoms with van der Waals surface area (Å²) in [5.74, 6) is 0.888. The van der Waals surface area contributed by atoms with Crippen molar-refractivity contribution in [3.05, 3.63) is 34.6 Å². The van der Waals surface area contributed by atoms with Crippen molar-refractivity contribution in [3.63, 3.8) is 0 Å². The number of rotatable bonds is 4. The SMILES string of the molecule is CNC(Cc1cccc(F)c1Cl)C1(C)CCCS1. The molecule has 0 bridgehead atoms. The molecule has 18 heavy (non-hydrogen) atoms. The van der Waals surface area contributed by atoms with E-state index in [2.05, 4.69) is 12.2 Å². The lowest BCUT2D eigenvalue weighted by atomic mass is 9.91. The summed E-state index contributed by atoms with van der Waals surface area (Å²) in [5, 5.41) is 3.65. The van der Waals surface area contributed by atoms with Gasteiger partial charge in [0.05, 0.1) is 5.02 Å². The highest BCUT2D eigenvalue weighted by molar-refractivity contribution is 8.00. The van der Waals surface area contributed by atoms with E-state index < -0.39 is 0 Å². The van der Waals surface area contributed by atoms with Crippen molar-refractivity contribution >= 4 is 23.4 Å². The van der Waals surface area contributed by atoms with Crippen LogP contribution >= 0.6 is 23.4 Å². The number of thioether (sulfide) groups is 1. The standard InChI is InChI=1S/C14H19ClFNS/c1-14(7-4-8-18-14)12(17-2)9-10-5-3-6-11(16)13(10)15/h3,5-6,12,17H,4,7-9H2,1-2H3. The van der Waals surface area contributed by atoms with Crippen molar-refractivity contribution in [3.8, 4) is 0 Å². The monoisotopic (exact) mass is 287 g/mol. The zero-order valence-corrected chi connectivity index (χ0v) is 12.4. The number of hydrogen-bond donors (Lipinski definition) is 1. The minimum atomic E-state index is -0.326. The van der Waals surface area contributed by atoms with Crippen LogP contribution in [0.2, 0.25) is 5.02 Å². The second-order valence-electron chi connectivity index (χ2n) is 5.02. The average Bonchev–Trinajstić information content (AvgIpc) is 2.79. The summed E-state index contributed by atoms with van der Waals surface area (Å²) in [7, 11) is 1.97. The number of hydrogen-bond acceptors (Lipinski definition) is 2. The second-order valence-corrected chi connectivity index (χ2v) is 7.03. The van der Waals surface area contributed by atoms with Gasteiger partial charge in [0.2, 0.25) is 0 Å². The summed E-state index contributed by atoms with van der Waals surface area (Å²) in [6.07, 6.45) is 3.24. The topological polar surface area (TPSA) is 12.0 Å². The zero-order chi connectivity index (χ0) is 13.2. The first-order chi connectivity index (χ1) is 8.57. The summed E-state index contributed by atoms with van der Waals surface area (Å²) in [5.41, 5.74) is 0.893. The molecule has 0 aliphatic carbocycles. The molecular formula is C14H19ClFNS. The Balaban J connectivity index is 2.17. The molecule has 1 aromatic rings. The number of nitrogens with one attached hydrogen (secondary N) is 1. The Morgan fingerprint density at radius 1 is 1.56 bits per heavy atom. The highest BCUT2D eigenvalue weighted by atomic mass is 35.5. The zero-order valence-electron chi connectivity index (χ0n) is 10.8. The predicted octanol–water partition coefficient (Wildman–Crippen LogP) is 3.90. The summed E-state index contributed by atoms with van der Waals surface area (Å²) in [6, 6.07) is 5.38. The smallest absolute Gasteiger partial charge is 0.142 e. The summed E-state index contributed by atoms with van der Waals surface area (Å²) in [6.45, 7) is 2.29. The van der Waals surface area contributed by atoms with E-state index in [1.54, 1.807) is 6.07 Å². The van der Waals surface area contributed by atoms with Crippen molar-refractivity contribution in [2.45, 2.75) is 37.0 Å². The third-order valence-electron chi connectivity index (χ3n) is 3.79. The van der Waals surface area contributed by atoms with Gasteiger partial charge < -0.3 is 5.32 Å². The molecular weight excluding hydrogens is 269 g/mol. The van der Waals surface area contributed by atoms with E-state index in [0.717, 1.165) is 12.0 Å². The largest absolute Gasteiger partial charge is 0.315 e. The molecule has 1 heterocycles. The lowest BCUT2D eigenvalue weighted by molar-refractivity contribution is 0.423. The molecule has 0 radical (unpaired) electrons. The number of benzene rings is 1.